The number of hydrogen-bond donors (Lipinski definition) is 5. The van der Waals surface area contributed by atoms with Crippen LogP contribution in [-0.4, -0.2) is 100.0 Å². The summed E-state index contributed by atoms with van der Waals surface area (Å²) in [4.78, 5) is 59.6. The van der Waals surface area contributed by atoms with Crippen molar-refractivity contribution < 1.29 is 37.5 Å². The number of carbonyl (C=O) groups is 3. The Kier molecular flexibility index (Phi) is 12.8. The number of piperazine rings is 1. The van der Waals surface area contributed by atoms with Crippen molar-refractivity contribution >= 4 is 29.4 Å². The highest BCUT2D eigenvalue weighted by atomic mass is 19.4. The molecule has 18 heteroatoms. The average Bonchev–Trinajstić information content (AvgIpc) is 3.00. The molecule has 2 aromatic rings. The molecule has 1 saturated heterocycles. The van der Waals surface area contributed by atoms with Gasteiger partial charge in [0.2, 0.25) is 17.8 Å². The van der Waals surface area contributed by atoms with E-state index >= 15 is 0 Å². The number of hydrogen-bond acceptors (Lipinski definition) is 11. The fourth-order valence-corrected chi connectivity index (χ4v) is 4.38. The van der Waals surface area contributed by atoms with Crippen LogP contribution in [-0.2, 0) is 20.5 Å². The molecular formula is C26H36F3N9O6. The van der Waals surface area contributed by atoms with E-state index in [0.29, 0.717) is 63.5 Å². The standard InChI is InChI=1S/C26H36F3N9O6/c1-17(34-19-15-33-35-24(42)22(19)26(27,28)29)16-44-12-6-21(40)37-8-10-38(11-9-37)25-31-13-18(14-32-25)23(41)30-7-4-2-3-5-20(39)36-43/h13-15,17,43H,2-12,16H2,1H3,(H,30,41)(H,36,39)(H2,34,35,42)/t17-/m0/s1. The van der Waals surface area contributed by atoms with Crippen LogP contribution in [0.3, 0.4) is 0 Å². The molecule has 0 aromatic carbocycles. The maximum atomic E-state index is 13.2. The Bertz CT molecular complexity index is 1300. The quantitative estimate of drug-likeness (QED) is 0.107. The molecule has 242 valence electrons. The molecule has 3 heterocycles. The van der Waals surface area contributed by atoms with Crippen LogP contribution < -0.4 is 26.6 Å². The molecule has 1 fully saturated rings. The van der Waals surface area contributed by atoms with Crippen molar-refractivity contribution in [3.05, 3.63) is 40.1 Å². The van der Waals surface area contributed by atoms with E-state index in [0.717, 1.165) is 6.20 Å². The molecule has 0 saturated carbocycles. The zero-order valence-electron chi connectivity index (χ0n) is 24.2. The highest BCUT2D eigenvalue weighted by molar-refractivity contribution is 5.93. The molecule has 15 nitrogen and oxygen atoms in total. The SMILES string of the molecule is C[C@@H](COCCC(=O)N1CCN(c2ncc(C(=O)NCCCCCC(=O)NO)cn2)CC1)Nc1cn[nH]c(=O)c1C(F)(F)F. The largest absolute Gasteiger partial charge is 0.423 e. The van der Waals surface area contributed by atoms with Gasteiger partial charge in [0.15, 0.2) is 0 Å². The van der Waals surface area contributed by atoms with E-state index in [-0.39, 0.29) is 37.9 Å². The average molecular weight is 628 g/mol. The minimum atomic E-state index is -4.85. The third-order valence-corrected chi connectivity index (χ3v) is 6.68. The zero-order chi connectivity index (χ0) is 32.1. The van der Waals surface area contributed by atoms with Crippen LogP contribution in [0.4, 0.5) is 24.8 Å². The Morgan fingerprint density at radius 3 is 2.43 bits per heavy atom. The molecule has 1 aliphatic rings. The smallest absolute Gasteiger partial charge is 0.379 e. The van der Waals surface area contributed by atoms with Gasteiger partial charge in [-0.3, -0.25) is 24.4 Å². The molecule has 1 aliphatic heterocycles. The summed E-state index contributed by atoms with van der Waals surface area (Å²) < 4.78 is 45.0. The lowest BCUT2D eigenvalue weighted by Crippen LogP contribution is -2.49. The molecule has 0 spiro atoms. The number of halogens is 3. The number of aromatic nitrogens is 4. The van der Waals surface area contributed by atoms with Crippen molar-refractivity contribution in [2.45, 2.75) is 51.2 Å². The van der Waals surface area contributed by atoms with Crippen LogP contribution >= 0.6 is 0 Å². The molecule has 44 heavy (non-hydrogen) atoms. The van der Waals surface area contributed by atoms with Crippen LogP contribution in [0.1, 0.15) is 54.9 Å². The summed E-state index contributed by atoms with van der Waals surface area (Å²) in [6.07, 6.45) is 1.20. The third-order valence-electron chi connectivity index (χ3n) is 6.68. The summed E-state index contributed by atoms with van der Waals surface area (Å²) in [6, 6.07) is -0.588. The minimum absolute atomic E-state index is 0.00200. The number of alkyl halides is 3. The lowest BCUT2D eigenvalue weighted by atomic mass is 10.2. The number of anilines is 2. The molecule has 2 aromatic heterocycles. The lowest BCUT2D eigenvalue weighted by Gasteiger charge is -2.34. The summed E-state index contributed by atoms with van der Waals surface area (Å²) >= 11 is 0. The first-order valence-corrected chi connectivity index (χ1v) is 14.0. The summed E-state index contributed by atoms with van der Waals surface area (Å²) in [7, 11) is 0. The number of rotatable bonds is 15. The van der Waals surface area contributed by atoms with Crippen LogP contribution in [0.15, 0.2) is 23.4 Å². The minimum Gasteiger partial charge on any atom is -0.379 e. The molecule has 0 aliphatic carbocycles. The van der Waals surface area contributed by atoms with Crippen LogP contribution in [0, 0.1) is 0 Å². The Labute approximate surface area is 250 Å². The number of H-pyrrole nitrogens is 1. The van der Waals surface area contributed by atoms with Gasteiger partial charge in [-0.2, -0.15) is 18.3 Å². The normalized spacial score (nSPS) is 14.2. The van der Waals surface area contributed by atoms with E-state index in [2.05, 4.69) is 25.7 Å². The number of carbonyl (C=O) groups excluding carboxylic acids is 3. The maximum absolute atomic E-state index is 13.2. The van der Waals surface area contributed by atoms with Crippen LogP contribution in [0.5, 0.6) is 0 Å². The van der Waals surface area contributed by atoms with Gasteiger partial charge in [0.1, 0.15) is 5.56 Å². The van der Waals surface area contributed by atoms with Crippen molar-refractivity contribution in [3.63, 3.8) is 0 Å². The second kappa shape index (κ2) is 16.5. The number of amides is 3. The predicted octanol–water partition coefficient (Wildman–Crippen LogP) is 0.930. The Morgan fingerprint density at radius 1 is 1.07 bits per heavy atom. The molecular weight excluding hydrogens is 591 g/mol. The van der Waals surface area contributed by atoms with Crippen LogP contribution in [0.25, 0.3) is 0 Å². The van der Waals surface area contributed by atoms with E-state index in [1.54, 1.807) is 22.4 Å². The van der Waals surface area contributed by atoms with E-state index in [1.165, 1.54) is 12.4 Å². The van der Waals surface area contributed by atoms with Gasteiger partial charge in [-0.05, 0) is 19.8 Å². The predicted molar refractivity (Wildman–Crippen MR) is 150 cm³/mol. The van der Waals surface area contributed by atoms with Crippen molar-refractivity contribution in [1.29, 1.82) is 0 Å². The second-order valence-corrected chi connectivity index (χ2v) is 10.1. The number of unbranched alkanes of at least 4 members (excludes halogenated alkanes) is 2. The molecule has 0 unspecified atom stereocenters. The summed E-state index contributed by atoms with van der Waals surface area (Å²) in [6.45, 7) is 3.90. The van der Waals surface area contributed by atoms with Crippen LogP contribution in [0.2, 0.25) is 0 Å². The second-order valence-electron chi connectivity index (χ2n) is 10.1. The summed E-state index contributed by atoms with van der Waals surface area (Å²) in [5.74, 6) is -0.454. The monoisotopic (exact) mass is 627 g/mol. The van der Waals surface area contributed by atoms with Crippen molar-refractivity contribution in [1.82, 2.24) is 35.9 Å². The molecule has 3 rings (SSSR count). The zero-order valence-corrected chi connectivity index (χ0v) is 24.2. The van der Waals surface area contributed by atoms with Gasteiger partial charge in [0.25, 0.3) is 11.5 Å². The first kappa shape index (κ1) is 34.2. The molecule has 3 amide bonds. The Hall–Kier alpha value is -4.32. The third kappa shape index (κ3) is 10.4. The van der Waals surface area contributed by atoms with Crippen molar-refractivity contribution in [3.8, 4) is 0 Å². The molecule has 1 atom stereocenters. The van der Waals surface area contributed by atoms with E-state index < -0.39 is 34.9 Å². The molecule has 0 bridgehead atoms. The number of nitrogens with zero attached hydrogens (tertiary/aromatic N) is 5. The van der Waals surface area contributed by atoms with Gasteiger partial charge < -0.3 is 25.2 Å². The van der Waals surface area contributed by atoms with Gasteiger partial charge in [-0.1, -0.05) is 6.42 Å². The van der Waals surface area contributed by atoms with Crippen molar-refractivity contribution in [2.75, 3.05) is 56.2 Å². The summed E-state index contributed by atoms with van der Waals surface area (Å²) in [5, 5.41) is 19.0. The number of ether oxygens (including phenoxy) is 1. The van der Waals surface area contributed by atoms with Gasteiger partial charge in [0, 0.05) is 57.6 Å². The highest BCUT2D eigenvalue weighted by Crippen LogP contribution is 2.31. The number of nitrogens with one attached hydrogen (secondary N) is 4. The first-order chi connectivity index (χ1) is 21.0. The number of aromatic amines is 1. The Morgan fingerprint density at radius 2 is 1.77 bits per heavy atom. The van der Waals surface area contributed by atoms with Gasteiger partial charge in [-0.15, -0.1) is 0 Å². The van der Waals surface area contributed by atoms with Gasteiger partial charge in [0.05, 0.1) is 37.1 Å². The molecule has 5 N–H and O–H groups in total. The van der Waals surface area contributed by atoms with Gasteiger partial charge >= 0.3 is 6.18 Å². The fourth-order valence-electron chi connectivity index (χ4n) is 4.38. The molecule has 0 radical (unpaired) electrons. The number of hydroxylamine groups is 1. The summed E-state index contributed by atoms with van der Waals surface area (Å²) in [5.41, 5.74) is -1.29. The first-order valence-electron chi connectivity index (χ1n) is 14.0. The topological polar surface area (TPSA) is 195 Å². The highest BCUT2D eigenvalue weighted by Gasteiger charge is 2.37. The van der Waals surface area contributed by atoms with E-state index in [4.69, 9.17) is 9.94 Å². The van der Waals surface area contributed by atoms with E-state index in [1.807, 2.05) is 4.90 Å². The fraction of sp³-hybridized carbons (Fsp3) is 0.577. The maximum Gasteiger partial charge on any atom is 0.423 e. The van der Waals surface area contributed by atoms with Crippen molar-refractivity contribution in [2.24, 2.45) is 0 Å². The lowest BCUT2D eigenvalue weighted by molar-refractivity contribution is -0.138. The Balaban J connectivity index is 1.33. The van der Waals surface area contributed by atoms with E-state index in [9.17, 15) is 32.3 Å². The van der Waals surface area contributed by atoms with Gasteiger partial charge in [-0.25, -0.2) is 20.5 Å².